The molecule has 1 heterocycles. The van der Waals surface area contributed by atoms with Crippen LogP contribution in [0.1, 0.15) is 53.9 Å². The van der Waals surface area contributed by atoms with Crippen molar-refractivity contribution >= 4 is 57.1 Å². The molecule has 250 valence electrons. The first-order chi connectivity index (χ1) is 21.8. The van der Waals surface area contributed by atoms with Gasteiger partial charge in [-0.1, -0.05) is 45.9 Å². The van der Waals surface area contributed by atoms with Crippen molar-refractivity contribution in [2.24, 2.45) is 34.0 Å². The highest BCUT2D eigenvalue weighted by Crippen LogP contribution is 2.31. The second-order valence-corrected chi connectivity index (χ2v) is 12.2. The Morgan fingerprint density at radius 3 is 2.22 bits per heavy atom. The number of nitrogens with zero attached hydrogens (tertiary/aromatic N) is 2. The normalized spacial score (nSPS) is 13.3. The second-order valence-electron chi connectivity index (χ2n) is 12.2. The minimum atomic E-state index is -0.929. The van der Waals surface area contributed by atoms with E-state index in [9.17, 15) is 19.2 Å². The molecule has 13 heteroatoms. The van der Waals surface area contributed by atoms with Crippen LogP contribution in [0.3, 0.4) is 0 Å². The molecule has 0 saturated heterocycles. The zero-order chi connectivity index (χ0) is 34.0. The third-order valence-corrected chi connectivity index (χ3v) is 7.74. The highest BCUT2D eigenvalue weighted by Gasteiger charge is 2.27. The zero-order valence-corrected chi connectivity index (χ0v) is 27.4. The van der Waals surface area contributed by atoms with E-state index >= 15 is 0 Å². The van der Waals surface area contributed by atoms with E-state index in [0.29, 0.717) is 18.5 Å². The number of aliphatic imine (C=N–C) groups is 1. The Labute approximate surface area is 270 Å². The Hall–Kier alpha value is -4.65. The van der Waals surface area contributed by atoms with Gasteiger partial charge in [-0.05, 0) is 62.3 Å². The minimum Gasteiger partial charge on any atom is -0.370 e. The van der Waals surface area contributed by atoms with Crippen molar-refractivity contribution in [1.82, 2.24) is 20.5 Å². The Balaban J connectivity index is 1.71. The first-order valence-electron chi connectivity index (χ1n) is 15.8. The topological polar surface area (TPSA) is 212 Å². The molecular formula is C33H49N9O4. The van der Waals surface area contributed by atoms with Crippen molar-refractivity contribution in [1.29, 1.82) is 0 Å². The molecule has 0 aliphatic rings. The van der Waals surface area contributed by atoms with Crippen LogP contribution in [0.15, 0.2) is 47.5 Å². The van der Waals surface area contributed by atoms with E-state index in [4.69, 9.17) is 17.2 Å². The number of hydrogen-bond donors (Lipinski definition) is 7. The molecular weight excluding hydrogens is 586 g/mol. The molecule has 0 aliphatic heterocycles. The van der Waals surface area contributed by atoms with Gasteiger partial charge in [-0.2, -0.15) is 0 Å². The van der Waals surface area contributed by atoms with E-state index in [1.54, 1.807) is 0 Å². The number of amides is 4. The molecule has 10 N–H and O–H groups in total. The molecule has 3 aromatic rings. The maximum absolute atomic E-state index is 13.5. The number of carbonyl (C=O) groups is 4. The van der Waals surface area contributed by atoms with Gasteiger partial charge in [0.1, 0.15) is 12.1 Å². The maximum atomic E-state index is 13.5. The summed E-state index contributed by atoms with van der Waals surface area (Å²) in [5.74, 6) is -2.01. The molecule has 46 heavy (non-hydrogen) atoms. The SMILES string of the molecule is CCn1c2ccccc2c2cc(NC(=O)C(CCCN=C(N)N)NC(=O)CNC(=O)C(CC(C)C)NC(=O)C(N)C(C)C)ccc21. The summed E-state index contributed by atoms with van der Waals surface area (Å²) in [6.45, 7) is 10.3. The van der Waals surface area contributed by atoms with Crippen molar-refractivity contribution in [3.05, 3.63) is 42.5 Å². The smallest absolute Gasteiger partial charge is 0.246 e. The zero-order valence-electron chi connectivity index (χ0n) is 27.4. The monoisotopic (exact) mass is 635 g/mol. The van der Waals surface area contributed by atoms with Crippen molar-refractivity contribution in [2.75, 3.05) is 18.4 Å². The summed E-state index contributed by atoms with van der Waals surface area (Å²) < 4.78 is 2.22. The number of benzene rings is 2. The lowest BCUT2D eigenvalue weighted by molar-refractivity contribution is -0.132. The molecule has 13 nitrogen and oxygen atoms in total. The van der Waals surface area contributed by atoms with E-state index < -0.39 is 41.8 Å². The fraction of sp³-hybridized carbons (Fsp3) is 0.485. The van der Waals surface area contributed by atoms with Crippen LogP contribution in [0.4, 0.5) is 5.69 Å². The van der Waals surface area contributed by atoms with Crippen LogP contribution in [0.2, 0.25) is 0 Å². The maximum Gasteiger partial charge on any atom is 0.246 e. The van der Waals surface area contributed by atoms with Gasteiger partial charge in [-0.25, -0.2) is 0 Å². The number of guanidine groups is 1. The molecule has 3 atom stereocenters. The van der Waals surface area contributed by atoms with Crippen molar-refractivity contribution in [2.45, 2.75) is 78.6 Å². The lowest BCUT2D eigenvalue weighted by Crippen LogP contribution is -2.54. The van der Waals surface area contributed by atoms with E-state index in [1.807, 2.05) is 64.1 Å². The first-order valence-corrected chi connectivity index (χ1v) is 15.8. The van der Waals surface area contributed by atoms with Gasteiger partial charge in [0.25, 0.3) is 0 Å². The Morgan fingerprint density at radius 2 is 1.57 bits per heavy atom. The summed E-state index contributed by atoms with van der Waals surface area (Å²) in [4.78, 5) is 56.0. The number of nitrogens with one attached hydrogen (secondary N) is 4. The highest BCUT2D eigenvalue weighted by atomic mass is 16.2. The van der Waals surface area contributed by atoms with Crippen molar-refractivity contribution in [3.8, 4) is 0 Å². The largest absolute Gasteiger partial charge is 0.370 e. The van der Waals surface area contributed by atoms with Gasteiger partial charge >= 0.3 is 0 Å². The lowest BCUT2D eigenvalue weighted by atomic mass is 10.0. The molecule has 2 aromatic carbocycles. The van der Waals surface area contributed by atoms with E-state index in [2.05, 4.69) is 43.8 Å². The van der Waals surface area contributed by atoms with E-state index in [1.165, 1.54) is 0 Å². The van der Waals surface area contributed by atoms with E-state index in [0.717, 1.165) is 28.4 Å². The molecule has 0 bridgehead atoms. The Bertz CT molecular complexity index is 1560. The molecule has 0 aliphatic carbocycles. The fourth-order valence-corrected chi connectivity index (χ4v) is 5.28. The van der Waals surface area contributed by atoms with E-state index in [-0.39, 0.29) is 37.3 Å². The predicted molar refractivity (Wildman–Crippen MR) is 183 cm³/mol. The van der Waals surface area contributed by atoms with Gasteiger partial charge in [-0.3, -0.25) is 24.2 Å². The van der Waals surface area contributed by atoms with Crippen LogP contribution in [0.25, 0.3) is 21.8 Å². The van der Waals surface area contributed by atoms with Crippen LogP contribution in [-0.4, -0.2) is 65.4 Å². The number of anilines is 1. The molecule has 0 radical (unpaired) electrons. The number of aryl methyl sites for hydroxylation is 1. The summed E-state index contributed by atoms with van der Waals surface area (Å²) in [5.41, 5.74) is 19.6. The van der Waals surface area contributed by atoms with Gasteiger partial charge in [0, 0.05) is 40.6 Å². The highest BCUT2D eigenvalue weighted by molar-refractivity contribution is 6.10. The Morgan fingerprint density at radius 1 is 0.870 bits per heavy atom. The standard InChI is InChI=1S/C33H49N9O4/c1-6-42-26-12-8-7-10-22(26)23-17-21(13-14-27(23)42)39-31(45)24(11-9-15-37-33(35)36)40-28(43)18-38-30(44)25(16-19(2)3)41-32(46)29(34)20(4)5/h7-8,10,12-14,17,19-20,24-25,29H,6,9,11,15-16,18,34H2,1-5H3,(H,38,44)(H,39,45)(H,40,43)(H,41,46)(H4,35,36,37). The minimum absolute atomic E-state index is 0.0651. The van der Waals surface area contributed by atoms with Crippen molar-refractivity contribution in [3.63, 3.8) is 0 Å². The molecule has 1 aromatic heterocycles. The summed E-state index contributed by atoms with van der Waals surface area (Å²) in [5, 5.41) is 13.0. The summed E-state index contributed by atoms with van der Waals surface area (Å²) in [6, 6.07) is 11.3. The number of aromatic nitrogens is 1. The Kier molecular flexibility index (Phi) is 12.9. The first kappa shape index (κ1) is 35.8. The quantitative estimate of drug-likeness (QED) is 0.0705. The van der Waals surface area contributed by atoms with Crippen LogP contribution >= 0.6 is 0 Å². The summed E-state index contributed by atoms with van der Waals surface area (Å²) in [7, 11) is 0. The van der Waals surface area contributed by atoms with Crippen LogP contribution in [-0.2, 0) is 25.7 Å². The average Bonchev–Trinajstić information content (AvgIpc) is 3.32. The molecule has 0 fully saturated rings. The number of hydrogen-bond acceptors (Lipinski definition) is 6. The molecule has 0 spiro atoms. The van der Waals surface area contributed by atoms with Crippen molar-refractivity contribution < 1.29 is 19.2 Å². The lowest BCUT2D eigenvalue weighted by Gasteiger charge is -2.23. The molecule has 0 saturated carbocycles. The third-order valence-electron chi connectivity index (χ3n) is 7.74. The summed E-state index contributed by atoms with van der Waals surface area (Å²) >= 11 is 0. The van der Waals surface area contributed by atoms with Gasteiger partial charge in [0.05, 0.1) is 12.6 Å². The number of para-hydroxylation sites is 1. The van der Waals surface area contributed by atoms with Crippen LogP contribution < -0.4 is 38.5 Å². The second kappa shape index (κ2) is 16.6. The number of nitrogens with two attached hydrogens (primary N) is 3. The number of rotatable bonds is 16. The fourth-order valence-electron chi connectivity index (χ4n) is 5.28. The summed E-state index contributed by atoms with van der Waals surface area (Å²) in [6.07, 6.45) is 1.03. The van der Waals surface area contributed by atoms with Crippen LogP contribution in [0, 0.1) is 11.8 Å². The van der Waals surface area contributed by atoms with Crippen LogP contribution in [0.5, 0.6) is 0 Å². The molecule has 3 unspecified atom stereocenters. The number of fused-ring (bicyclic) bond motifs is 3. The van der Waals surface area contributed by atoms with Gasteiger partial charge in [-0.15, -0.1) is 0 Å². The number of carbonyl (C=O) groups excluding carboxylic acids is 4. The molecule has 4 amide bonds. The van der Waals surface area contributed by atoms with Gasteiger partial charge in [0.2, 0.25) is 23.6 Å². The van der Waals surface area contributed by atoms with Gasteiger partial charge < -0.3 is 43.0 Å². The van der Waals surface area contributed by atoms with Gasteiger partial charge in [0.15, 0.2) is 5.96 Å². The third kappa shape index (κ3) is 9.67. The molecule has 3 rings (SSSR count). The predicted octanol–water partition coefficient (Wildman–Crippen LogP) is 1.92. The average molecular weight is 636 g/mol.